The molecular formula is C15H16ClNO4S. The highest BCUT2D eigenvalue weighted by Gasteiger charge is 2.19. The molecule has 1 N–H and O–H groups in total. The van der Waals surface area contributed by atoms with E-state index in [0.29, 0.717) is 22.7 Å². The van der Waals surface area contributed by atoms with E-state index in [2.05, 4.69) is 4.72 Å². The number of ether oxygens (including phenoxy) is 2. The molecule has 0 spiro atoms. The van der Waals surface area contributed by atoms with Crippen molar-refractivity contribution in [3.63, 3.8) is 0 Å². The number of methoxy groups -OCH3 is 2. The van der Waals surface area contributed by atoms with Gasteiger partial charge in [0.2, 0.25) is 0 Å². The summed E-state index contributed by atoms with van der Waals surface area (Å²) in [6.07, 6.45) is 0. The zero-order valence-electron chi connectivity index (χ0n) is 12.4. The Labute approximate surface area is 134 Å². The fraction of sp³-hybridized carbons (Fsp3) is 0.200. The molecular weight excluding hydrogens is 326 g/mol. The monoisotopic (exact) mass is 341 g/mol. The predicted molar refractivity (Wildman–Crippen MR) is 86.5 cm³/mol. The molecule has 0 unspecified atom stereocenters. The molecule has 0 saturated heterocycles. The Morgan fingerprint density at radius 1 is 1.05 bits per heavy atom. The van der Waals surface area contributed by atoms with Gasteiger partial charge in [-0.2, -0.15) is 0 Å². The molecule has 0 aromatic heterocycles. The highest BCUT2D eigenvalue weighted by atomic mass is 35.5. The molecule has 118 valence electrons. The van der Waals surface area contributed by atoms with Gasteiger partial charge in [-0.25, -0.2) is 8.42 Å². The summed E-state index contributed by atoms with van der Waals surface area (Å²) >= 11 is 6.02. The molecule has 0 aliphatic rings. The zero-order chi connectivity index (χ0) is 16.3. The second kappa shape index (κ2) is 6.46. The number of halogens is 1. The quantitative estimate of drug-likeness (QED) is 0.904. The Kier molecular flexibility index (Phi) is 4.83. The average molecular weight is 342 g/mol. The third kappa shape index (κ3) is 3.45. The predicted octanol–water partition coefficient (Wildman–Crippen LogP) is 3.47. The molecule has 0 aliphatic heterocycles. The van der Waals surface area contributed by atoms with Crippen LogP contribution in [-0.2, 0) is 10.0 Å². The fourth-order valence-corrected chi connectivity index (χ4v) is 3.57. The van der Waals surface area contributed by atoms with Crippen LogP contribution >= 0.6 is 11.6 Å². The van der Waals surface area contributed by atoms with Gasteiger partial charge in [-0.15, -0.1) is 0 Å². The van der Waals surface area contributed by atoms with Crippen molar-refractivity contribution in [2.45, 2.75) is 11.8 Å². The van der Waals surface area contributed by atoms with Crippen LogP contribution in [0.25, 0.3) is 0 Å². The lowest BCUT2D eigenvalue weighted by atomic mass is 10.2. The molecule has 2 rings (SSSR count). The van der Waals surface area contributed by atoms with E-state index in [4.69, 9.17) is 21.1 Å². The van der Waals surface area contributed by atoms with Crippen LogP contribution in [0.5, 0.6) is 11.5 Å². The maximum Gasteiger partial charge on any atom is 0.262 e. The number of hydrogen-bond acceptors (Lipinski definition) is 4. The van der Waals surface area contributed by atoms with Crippen molar-refractivity contribution in [1.29, 1.82) is 0 Å². The minimum atomic E-state index is -3.74. The number of sulfonamides is 1. The molecule has 0 fully saturated rings. The van der Waals surface area contributed by atoms with Gasteiger partial charge in [0.25, 0.3) is 10.0 Å². The molecule has 0 aliphatic carbocycles. The minimum absolute atomic E-state index is 0.106. The Morgan fingerprint density at radius 3 is 2.23 bits per heavy atom. The number of anilines is 1. The summed E-state index contributed by atoms with van der Waals surface area (Å²) in [6, 6.07) is 9.55. The summed E-state index contributed by atoms with van der Waals surface area (Å²) in [7, 11) is -0.722. The van der Waals surface area contributed by atoms with Crippen LogP contribution in [0, 0.1) is 6.92 Å². The lowest BCUT2D eigenvalue weighted by Crippen LogP contribution is -2.14. The fourth-order valence-electron chi connectivity index (χ4n) is 1.95. The van der Waals surface area contributed by atoms with Gasteiger partial charge in [0.05, 0.1) is 24.1 Å². The molecule has 5 nitrogen and oxygen atoms in total. The molecule has 2 aromatic rings. The number of hydrogen-bond donors (Lipinski definition) is 1. The molecule has 0 heterocycles. The van der Waals surface area contributed by atoms with Crippen LogP contribution in [0.3, 0.4) is 0 Å². The Balaban J connectivity index is 2.35. The van der Waals surface area contributed by atoms with Crippen LogP contribution in [0.2, 0.25) is 5.02 Å². The van der Waals surface area contributed by atoms with Crippen LogP contribution in [0.15, 0.2) is 41.3 Å². The highest BCUT2D eigenvalue weighted by molar-refractivity contribution is 7.92. The van der Waals surface area contributed by atoms with Gasteiger partial charge >= 0.3 is 0 Å². The van der Waals surface area contributed by atoms with E-state index >= 15 is 0 Å². The van der Waals surface area contributed by atoms with Gasteiger partial charge in [0.1, 0.15) is 11.5 Å². The van der Waals surface area contributed by atoms with Crippen LogP contribution in [0.1, 0.15) is 5.56 Å². The van der Waals surface area contributed by atoms with Crippen molar-refractivity contribution in [3.8, 4) is 11.5 Å². The lowest BCUT2D eigenvalue weighted by molar-refractivity contribution is 0.414. The third-order valence-electron chi connectivity index (χ3n) is 3.08. The smallest absolute Gasteiger partial charge is 0.262 e. The molecule has 0 amide bonds. The number of rotatable bonds is 5. The summed E-state index contributed by atoms with van der Waals surface area (Å²) in [6.45, 7) is 1.68. The van der Waals surface area contributed by atoms with Crippen LogP contribution in [0.4, 0.5) is 5.69 Å². The lowest BCUT2D eigenvalue weighted by Gasteiger charge is -2.13. The second-order valence-corrected chi connectivity index (χ2v) is 6.64. The highest BCUT2D eigenvalue weighted by Crippen LogP contribution is 2.31. The van der Waals surface area contributed by atoms with Gasteiger partial charge < -0.3 is 9.47 Å². The Morgan fingerprint density at radius 2 is 1.68 bits per heavy atom. The van der Waals surface area contributed by atoms with Crippen molar-refractivity contribution in [2.75, 3.05) is 18.9 Å². The van der Waals surface area contributed by atoms with Crippen molar-refractivity contribution in [2.24, 2.45) is 0 Å². The average Bonchev–Trinajstić information content (AvgIpc) is 2.49. The zero-order valence-corrected chi connectivity index (χ0v) is 14.0. The van der Waals surface area contributed by atoms with Crippen molar-refractivity contribution in [1.82, 2.24) is 0 Å². The van der Waals surface area contributed by atoms with E-state index in [9.17, 15) is 8.42 Å². The Bertz CT molecular complexity index is 773. The number of benzene rings is 2. The standard InChI is InChI=1S/C15H16ClNO4S/c1-10-8-14(21-3)13(16)9-15(10)22(18,19)17-11-4-6-12(20-2)7-5-11/h4-9,17H,1-3H3. The molecule has 0 saturated carbocycles. The largest absolute Gasteiger partial charge is 0.497 e. The van der Waals surface area contributed by atoms with E-state index in [1.165, 1.54) is 13.2 Å². The first-order valence-electron chi connectivity index (χ1n) is 6.38. The van der Waals surface area contributed by atoms with E-state index in [1.807, 2.05) is 0 Å². The van der Waals surface area contributed by atoms with Crippen LogP contribution in [-0.4, -0.2) is 22.6 Å². The van der Waals surface area contributed by atoms with E-state index in [-0.39, 0.29) is 9.92 Å². The summed E-state index contributed by atoms with van der Waals surface area (Å²) in [5.41, 5.74) is 0.981. The van der Waals surface area contributed by atoms with Crippen LogP contribution < -0.4 is 14.2 Å². The first-order chi connectivity index (χ1) is 10.4. The van der Waals surface area contributed by atoms with Crippen molar-refractivity contribution < 1.29 is 17.9 Å². The first-order valence-corrected chi connectivity index (χ1v) is 8.24. The summed E-state index contributed by atoms with van der Waals surface area (Å²) in [4.78, 5) is 0.106. The third-order valence-corrected chi connectivity index (χ3v) is 4.90. The van der Waals surface area contributed by atoms with Gasteiger partial charge in [0, 0.05) is 5.69 Å². The molecule has 0 atom stereocenters. The molecule has 0 bridgehead atoms. The molecule has 22 heavy (non-hydrogen) atoms. The minimum Gasteiger partial charge on any atom is -0.497 e. The number of nitrogens with one attached hydrogen (secondary N) is 1. The molecule has 0 radical (unpaired) electrons. The SMILES string of the molecule is COc1ccc(NS(=O)(=O)c2cc(Cl)c(OC)cc2C)cc1. The van der Waals surface area contributed by atoms with Crippen molar-refractivity contribution in [3.05, 3.63) is 47.0 Å². The van der Waals surface area contributed by atoms with E-state index in [0.717, 1.165) is 0 Å². The Hall–Kier alpha value is -1.92. The van der Waals surface area contributed by atoms with E-state index in [1.54, 1.807) is 44.4 Å². The second-order valence-electron chi connectivity index (χ2n) is 4.59. The van der Waals surface area contributed by atoms with Gasteiger partial charge in [-0.1, -0.05) is 11.6 Å². The van der Waals surface area contributed by atoms with E-state index < -0.39 is 10.0 Å². The van der Waals surface area contributed by atoms with Crippen molar-refractivity contribution >= 4 is 27.3 Å². The number of aryl methyl sites for hydroxylation is 1. The van der Waals surface area contributed by atoms with Gasteiger partial charge in [-0.3, -0.25) is 4.72 Å². The summed E-state index contributed by atoms with van der Waals surface area (Å²) in [5, 5.41) is 0.239. The first kappa shape index (κ1) is 16.5. The van der Waals surface area contributed by atoms with Gasteiger partial charge in [-0.05, 0) is 48.9 Å². The molecule has 2 aromatic carbocycles. The van der Waals surface area contributed by atoms with Gasteiger partial charge in [0.15, 0.2) is 0 Å². The summed E-state index contributed by atoms with van der Waals surface area (Å²) in [5.74, 6) is 1.08. The maximum atomic E-state index is 12.5. The summed E-state index contributed by atoms with van der Waals surface area (Å²) < 4.78 is 37.6. The normalized spacial score (nSPS) is 11.1. The maximum absolute atomic E-state index is 12.5. The molecule has 7 heteroatoms. The topological polar surface area (TPSA) is 64.6 Å².